The molecule has 1 N–H and O–H groups in total. The SMILES string of the molecule is CC(=O)N[C@@H](C)c1cc(C2CC(Oc3ccc4nc(C5CC5)sc4c3Cl)C2)no1. The number of fused-ring (bicyclic) bond motifs is 1. The van der Waals surface area contributed by atoms with E-state index in [9.17, 15) is 4.79 Å². The van der Waals surface area contributed by atoms with Crippen molar-refractivity contribution in [3.63, 3.8) is 0 Å². The molecular formula is C21H22ClN3O3S. The van der Waals surface area contributed by atoms with Crippen LogP contribution in [0.4, 0.5) is 0 Å². The lowest BCUT2D eigenvalue weighted by molar-refractivity contribution is -0.119. The summed E-state index contributed by atoms with van der Waals surface area (Å²) in [6.07, 6.45) is 4.31. The van der Waals surface area contributed by atoms with Gasteiger partial charge in [0, 0.05) is 24.8 Å². The normalized spacial score (nSPS) is 22.3. The van der Waals surface area contributed by atoms with Gasteiger partial charge in [0.2, 0.25) is 5.91 Å². The summed E-state index contributed by atoms with van der Waals surface area (Å²) in [5, 5.41) is 8.85. The molecule has 3 aromatic rings. The Kier molecular flexibility index (Phi) is 4.75. The van der Waals surface area contributed by atoms with Crippen molar-refractivity contribution >= 4 is 39.1 Å². The van der Waals surface area contributed by atoms with Crippen LogP contribution in [0, 0.1) is 0 Å². The Morgan fingerprint density at radius 1 is 1.34 bits per heavy atom. The molecule has 2 aromatic heterocycles. The van der Waals surface area contributed by atoms with E-state index in [1.165, 1.54) is 24.8 Å². The Morgan fingerprint density at radius 3 is 2.86 bits per heavy atom. The van der Waals surface area contributed by atoms with Gasteiger partial charge in [-0.1, -0.05) is 16.8 Å². The summed E-state index contributed by atoms with van der Waals surface area (Å²) >= 11 is 8.31. The number of carbonyl (C=O) groups is 1. The van der Waals surface area contributed by atoms with Crippen LogP contribution < -0.4 is 10.1 Å². The number of aromatic nitrogens is 2. The third-order valence-corrected chi connectivity index (χ3v) is 7.34. The van der Waals surface area contributed by atoms with Crippen molar-refractivity contribution in [2.24, 2.45) is 0 Å². The molecule has 0 aliphatic heterocycles. The molecule has 2 fully saturated rings. The first-order valence-electron chi connectivity index (χ1n) is 9.97. The van der Waals surface area contributed by atoms with E-state index in [1.807, 2.05) is 25.1 Å². The van der Waals surface area contributed by atoms with E-state index in [0.29, 0.717) is 22.6 Å². The standard InChI is InChI=1S/C21H22ClN3O3S/c1-10(23-11(2)26)18-9-16(25-28-18)13-7-14(8-13)27-17-6-5-15-20(19(17)22)29-21(24-15)12-3-4-12/h5-6,9-10,12-14H,3-4,7-8H2,1-2H3,(H,23,26)/t10-,13?,14?/m0/s1. The van der Waals surface area contributed by atoms with E-state index in [4.69, 9.17) is 25.8 Å². The average molecular weight is 432 g/mol. The van der Waals surface area contributed by atoms with Gasteiger partial charge in [-0.2, -0.15) is 0 Å². The average Bonchev–Trinajstić information content (AvgIpc) is 3.21. The van der Waals surface area contributed by atoms with Gasteiger partial charge in [0.05, 0.1) is 27.0 Å². The summed E-state index contributed by atoms with van der Waals surface area (Å²) in [6, 6.07) is 5.67. The maximum Gasteiger partial charge on any atom is 0.217 e. The number of rotatable bonds is 6. The van der Waals surface area contributed by atoms with Crippen molar-refractivity contribution in [1.29, 1.82) is 0 Å². The van der Waals surface area contributed by atoms with Gasteiger partial charge >= 0.3 is 0 Å². The predicted molar refractivity (Wildman–Crippen MR) is 112 cm³/mol. The number of nitrogens with zero attached hydrogens (tertiary/aromatic N) is 2. The van der Waals surface area contributed by atoms with Crippen LogP contribution in [0.3, 0.4) is 0 Å². The van der Waals surface area contributed by atoms with E-state index in [2.05, 4.69) is 10.5 Å². The first-order valence-corrected chi connectivity index (χ1v) is 11.2. The molecule has 6 nitrogen and oxygen atoms in total. The van der Waals surface area contributed by atoms with E-state index < -0.39 is 0 Å². The lowest BCUT2D eigenvalue weighted by Crippen LogP contribution is -2.32. The molecular weight excluding hydrogens is 410 g/mol. The summed E-state index contributed by atoms with van der Waals surface area (Å²) < 4.78 is 12.6. The van der Waals surface area contributed by atoms with Crippen molar-refractivity contribution in [3.05, 3.63) is 39.7 Å². The van der Waals surface area contributed by atoms with Crippen molar-refractivity contribution in [2.75, 3.05) is 0 Å². The molecule has 0 bridgehead atoms. The fraction of sp³-hybridized carbons (Fsp3) is 0.476. The van der Waals surface area contributed by atoms with Gasteiger partial charge in [-0.25, -0.2) is 4.98 Å². The second kappa shape index (κ2) is 7.29. The molecule has 2 heterocycles. The van der Waals surface area contributed by atoms with Crippen molar-refractivity contribution < 1.29 is 14.1 Å². The Balaban J connectivity index is 1.22. The molecule has 1 amide bonds. The largest absolute Gasteiger partial charge is 0.489 e. The summed E-state index contributed by atoms with van der Waals surface area (Å²) in [7, 11) is 0. The highest BCUT2D eigenvalue weighted by atomic mass is 35.5. The maximum atomic E-state index is 11.2. The quantitative estimate of drug-likeness (QED) is 0.570. The highest BCUT2D eigenvalue weighted by molar-refractivity contribution is 7.19. The van der Waals surface area contributed by atoms with Crippen LogP contribution in [-0.2, 0) is 4.79 Å². The molecule has 2 saturated carbocycles. The molecule has 152 valence electrons. The molecule has 1 aromatic carbocycles. The number of ether oxygens (including phenoxy) is 1. The molecule has 0 spiro atoms. The number of halogens is 1. The van der Waals surface area contributed by atoms with Crippen LogP contribution in [0.25, 0.3) is 10.2 Å². The lowest BCUT2D eigenvalue weighted by Gasteiger charge is -2.34. The second-order valence-corrected chi connectivity index (χ2v) is 9.45. The summed E-state index contributed by atoms with van der Waals surface area (Å²) in [5.74, 6) is 2.24. The minimum atomic E-state index is -0.189. The number of hydrogen-bond acceptors (Lipinski definition) is 6. The zero-order valence-corrected chi connectivity index (χ0v) is 17.8. The van der Waals surface area contributed by atoms with Crippen LogP contribution >= 0.6 is 22.9 Å². The molecule has 0 saturated heterocycles. The van der Waals surface area contributed by atoms with Gasteiger partial charge in [-0.15, -0.1) is 11.3 Å². The van der Waals surface area contributed by atoms with Gasteiger partial charge in [-0.3, -0.25) is 4.79 Å². The Hall–Kier alpha value is -2.12. The highest BCUT2D eigenvalue weighted by Gasteiger charge is 2.35. The summed E-state index contributed by atoms with van der Waals surface area (Å²) in [4.78, 5) is 15.9. The molecule has 5 rings (SSSR count). The highest BCUT2D eigenvalue weighted by Crippen LogP contribution is 2.47. The number of carbonyl (C=O) groups excluding carboxylic acids is 1. The molecule has 0 radical (unpaired) electrons. The zero-order valence-electron chi connectivity index (χ0n) is 16.3. The smallest absolute Gasteiger partial charge is 0.217 e. The minimum Gasteiger partial charge on any atom is -0.489 e. The Morgan fingerprint density at radius 2 is 2.14 bits per heavy atom. The zero-order chi connectivity index (χ0) is 20.1. The van der Waals surface area contributed by atoms with E-state index in [0.717, 1.165) is 34.5 Å². The van der Waals surface area contributed by atoms with Crippen molar-refractivity contribution in [1.82, 2.24) is 15.5 Å². The third kappa shape index (κ3) is 3.73. The Labute approximate surface area is 177 Å². The van der Waals surface area contributed by atoms with Crippen LogP contribution in [0.15, 0.2) is 22.7 Å². The van der Waals surface area contributed by atoms with E-state index in [1.54, 1.807) is 11.3 Å². The lowest BCUT2D eigenvalue weighted by atomic mass is 9.80. The first-order chi connectivity index (χ1) is 14.0. The molecule has 8 heteroatoms. The van der Waals surface area contributed by atoms with E-state index >= 15 is 0 Å². The van der Waals surface area contributed by atoms with E-state index in [-0.39, 0.29) is 18.1 Å². The fourth-order valence-electron chi connectivity index (χ4n) is 3.71. The molecule has 29 heavy (non-hydrogen) atoms. The number of benzene rings is 1. The van der Waals surface area contributed by atoms with Crippen molar-refractivity contribution in [2.45, 2.75) is 63.5 Å². The monoisotopic (exact) mass is 431 g/mol. The molecule has 0 unspecified atom stereocenters. The van der Waals surface area contributed by atoms with Gasteiger partial charge in [0.25, 0.3) is 0 Å². The van der Waals surface area contributed by atoms with Gasteiger partial charge in [-0.05, 0) is 44.7 Å². The predicted octanol–water partition coefficient (Wildman–Crippen LogP) is 5.34. The van der Waals surface area contributed by atoms with Gasteiger partial charge in [0.15, 0.2) is 5.76 Å². The Bertz CT molecular complexity index is 1070. The van der Waals surface area contributed by atoms with Crippen LogP contribution in [0.5, 0.6) is 5.75 Å². The number of nitrogens with one attached hydrogen (secondary N) is 1. The first kappa shape index (κ1) is 18.9. The number of amides is 1. The molecule has 2 aliphatic rings. The molecule has 2 aliphatic carbocycles. The van der Waals surface area contributed by atoms with Gasteiger partial charge < -0.3 is 14.6 Å². The van der Waals surface area contributed by atoms with Crippen LogP contribution in [0.2, 0.25) is 5.02 Å². The topological polar surface area (TPSA) is 77.2 Å². The fourth-order valence-corrected chi connectivity index (χ4v) is 5.20. The minimum absolute atomic E-state index is 0.0911. The molecule has 1 atom stereocenters. The second-order valence-electron chi connectivity index (χ2n) is 8.04. The number of thiazole rings is 1. The third-order valence-electron chi connectivity index (χ3n) is 5.60. The number of hydrogen-bond donors (Lipinski definition) is 1. The summed E-state index contributed by atoms with van der Waals surface area (Å²) in [5.41, 5.74) is 1.87. The van der Waals surface area contributed by atoms with Gasteiger partial charge in [0.1, 0.15) is 16.9 Å². The van der Waals surface area contributed by atoms with Crippen LogP contribution in [-0.4, -0.2) is 22.2 Å². The van der Waals surface area contributed by atoms with Crippen LogP contribution in [0.1, 0.15) is 73.9 Å². The maximum absolute atomic E-state index is 11.2. The van der Waals surface area contributed by atoms with Crippen molar-refractivity contribution in [3.8, 4) is 5.75 Å². The summed E-state index contributed by atoms with van der Waals surface area (Å²) in [6.45, 7) is 3.37.